The van der Waals surface area contributed by atoms with Gasteiger partial charge in [0.2, 0.25) is 5.91 Å². The van der Waals surface area contributed by atoms with Crippen LogP contribution in [-0.4, -0.2) is 32.5 Å². The zero-order valence-electron chi connectivity index (χ0n) is 12.3. The van der Waals surface area contributed by atoms with E-state index in [0.717, 1.165) is 5.56 Å². The second kappa shape index (κ2) is 8.68. The zero-order chi connectivity index (χ0) is 15.0. The molecule has 3 N–H and O–H groups in total. The van der Waals surface area contributed by atoms with E-state index in [2.05, 4.69) is 5.32 Å². The van der Waals surface area contributed by atoms with Crippen molar-refractivity contribution in [3.8, 4) is 0 Å². The molecule has 0 bridgehead atoms. The quantitative estimate of drug-likeness (QED) is 0.709. The van der Waals surface area contributed by atoms with E-state index in [1.54, 1.807) is 14.2 Å². The molecule has 1 rings (SSSR count). The Hall–Kier alpha value is -1.43. The normalized spacial score (nSPS) is 14.1. The van der Waals surface area contributed by atoms with Crippen LogP contribution in [0, 0.1) is 0 Å². The highest BCUT2D eigenvalue weighted by Gasteiger charge is 2.18. The number of hydrogen-bond acceptors (Lipinski definition) is 4. The smallest absolute Gasteiger partial charge is 0.220 e. The Kier molecular flexibility index (Phi) is 7.22. The average Bonchev–Trinajstić information content (AvgIpc) is 2.47. The summed E-state index contributed by atoms with van der Waals surface area (Å²) < 4.78 is 10.2. The lowest BCUT2D eigenvalue weighted by Crippen LogP contribution is -2.43. The SMILES string of the molecule is COC(OC)C(C)NC(=O)CCC(N)c1ccccc1. The third kappa shape index (κ3) is 5.28. The van der Waals surface area contributed by atoms with E-state index in [-0.39, 0.29) is 18.0 Å². The standard InChI is InChI=1S/C15H24N2O3/c1-11(15(19-2)20-3)17-14(18)10-9-13(16)12-7-5-4-6-8-12/h4-8,11,13,15H,9-10,16H2,1-3H3,(H,17,18). The number of rotatable bonds is 8. The summed E-state index contributed by atoms with van der Waals surface area (Å²) in [6, 6.07) is 9.44. The number of nitrogens with two attached hydrogens (primary N) is 1. The highest BCUT2D eigenvalue weighted by atomic mass is 16.7. The molecule has 0 aliphatic rings. The lowest BCUT2D eigenvalue weighted by molar-refractivity contribution is -0.135. The second-order valence-corrected chi connectivity index (χ2v) is 4.75. The van der Waals surface area contributed by atoms with Gasteiger partial charge in [-0.25, -0.2) is 0 Å². The maximum absolute atomic E-state index is 11.8. The predicted octanol–water partition coefficient (Wildman–Crippen LogP) is 1.59. The Balaban J connectivity index is 2.36. The van der Waals surface area contributed by atoms with Crippen LogP contribution in [0.25, 0.3) is 0 Å². The van der Waals surface area contributed by atoms with Crippen LogP contribution in [0.15, 0.2) is 30.3 Å². The summed E-state index contributed by atoms with van der Waals surface area (Å²) in [6.45, 7) is 1.84. The van der Waals surface area contributed by atoms with Crippen molar-refractivity contribution in [1.82, 2.24) is 5.32 Å². The van der Waals surface area contributed by atoms with E-state index in [9.17, 15) is 4.79 Å². The Morgan fingerprint density at radius 2 is 1.85 bits per heavy atom. The number of carbonyl (C=O) groups is 1. The maximum Gasteiger partial charge on any atom is 0.220 e. The number of methoxy groups -OCH3 is 2. The summed E-state index contributed by atoms with van der Waals surface area (Å²) in [5.74, 6) is -0.0528. The van der Waals surface area contributed by atoms with Gasteiger partial charge in [-0.05, 0) is 18.9 Å². The summed E-state index contributed by atoms with van der Waals surface area (Å²) in [5, 5.41) is 2.84. The molecule has 0 saturated heterocycles. The monoisotopic (exact) mass is 280 g/mol. The first-order valence-electron chi connectivity index (χ1n) is 6.74. The molecular formula is C15H24N2O3. The Bertz CT molecular complexity index is 393. The number of benzene rings is 1. The predicted molar refractivity (Wildman–Crippen MR) is 78.0 cm³/mol. The van der Waals surface area contributed by atoms with E-state index in [1.165, 1.54) is 0 Å². The molecule has 1 aromatic carbocycles. The van der Waals surface area contributed by atoms with Crippen molar-refractivity contribution >= 4 is 5.91 Å². The minimum atomic E-state index is -0.443. The van der Waals surface area contributed by atoms with Gasteiger partial charge in [0.25, 0.3) is 0 Å². The second-order valence-electron chi connectivity index (χ2n) is 4.75. The summed E-state index contributed by atoms with van der Waals surface area (Å²) in [6.07, 6.45) is 0.537. The fraction of sp³-hybridized carbons (Fsp3) is 0.533. The van der Waals surface area contributed by atoms with E-state index in [1.807, 2.05) is 37.3 Å². The maximum atomic E-state index is 11.8. The molecule has 0 saturated carbocycles. The van der Waals surface area contributed by atoms with Crippen LogP contribution < -0.4 is 11.1 Å². The van der Waals surface area contributed by atoms with Gasteiger partial charge in [0.15, 0.2) is 6.29 Å². The number of hydrogen-bond donors (Lipinski definition) is 2. The van der Waals surface area contributed by atoms with Crippen molar-refractivity contribution in [2.24, 2.45) is 5.73 Å². The van der Waals surface area contributed by atoms with Crippen LogP contribution in [0.1, 0.15) is 31.4 Å². The van der Waals surface area contributed by atoms with Gasteiger partial charge in [0, 0.05) is 26.7 Å². The number of amides is 1. The van der Waals surface area contributed by atoms with E-state index >= 15 is 0 Å². The highest BCUT2D eigenvalue weighted by molar-refractivity contribution is 5.76. The van der Waals surface area contributed by atoms with Crippen LogP contribution in [0.3, 0.4) is 0 Å². The first kappa shape index (κ1) is 16.6. The summed E-state index contributed by atoms with van der Waals surface area (Å²) in [4.78, 5) is 11.8. The topological polar surface area (TPSA) is 73.6 Å². The van der Waals surface area contributed by atoms with Crippen LogP contribution in [0.4, 0.5) is 0 Å². The van der Waals surface area contributed by atoms with Crippen molar-refractivity contribution in [2.45, 2.75) is 38.1 Å². The molecule has 2 unspecified atom stereocenters. The number of ether oxygens (including phenoxy) is 2. The summed E-state index contributed by atoms with van der Waals surface area (Å²) >= 11 is 0. The van der Waals surface area contributed by atoms with Crippen LogP contribution in [0.2, 0.25) is 0 Å². The molecule has 5 heteroatoms. The van der Waals surface area contributed by atoms with Gasteiger partial charge < -0.3 is 20.5 Å². The summed E-state index contributed by atoms with van der Waals surface area (Å²) in [7, 11) is 3.09. The van der Waals surface area contributed by atoms with E-state index in [4.69, 9.17) is 15.2 Å². The van der Waals surface area contributed by atoms with Crippen molar-refractivity contribution in [3.63, 3.8) is 0 Å². The van der Waals surface area contributed by atoms with Gasteiger partial charge in [-0.2, -0.15) is 0 Å². The van der Waals surface area contributed by atoms with Crippen molar-refractivity contribution < 1.29 is 14.3 Å². The minimum absolute atomic E-state index is 0.0528. The molecule has 112 valence electrons. The van der Waals surface area contributed by atoms with Gasteiger partial charge in [0.05, 0.1) is 6.04 Å². The van der Waals surface area contributed by atoms with Gasteiger partial charge in [-0.3, -0.25) is 4.79 Å². The third-order valence-corrected chi connectivity index (χ3v) is 3.17. The Labute approximate surface area is 120 Å². The molecule has 20 heavy (non-hydrogen) atoms. The first-order valence-corrected chi connectivity index (χ1v) is 6.74. The fourth-order valence-electron chi connectivity index (χ4n) is 2.05. The molecule has 2 atom stereocenters. The number of carbonyl (C=O) groups excluding carboxylic acids is 1. The first-order chi connectivity index (χ1) is 9.58. The molecule has 0 aliphatic carbocycles. The van der Waals surface area contributed by atoms with Gasteiger partial charge >= 0.3 is 0 Å². The Morgan fingerprint density at radius 1 is 1.25 bits per heavy atom. The van der Waals surface area contributed by atoms with Gasteiger partial charge in [-0.15, -0.1) is 0 Å². The molecule has 0 fully saturated rings. The molecule has 1 aromatic rings. The minimum Gasteiger partial charge on any atom is -0.354 e. The van der Waals surface area contributed by atoms with Crippen LogP contribution in [0.5, 0.6) is 0 Å². The molecule has 0 spiro atoms. The van der Waals surface area contributed by atoms with Crippen LogP contribution >= 0.6 is 0 Å². The summed E-state index contributed by atoms with van der Waals surface area (Å²) in [5.41, 5.74) is 7.10. The molecule has 0 aromatic heterocycles. The molecule has 1 amide bonds. The molecule has 0 radical (unpaired) electrons. The zero-order valence-corrected chi connectivity index (χ0v) is 12.3. The number of nitrogens with one attached hydrogen (secondary N) is 1. The van der Waals surface area contributed by atoms with E-state index < -0.39 is 6.29 Å². The third-order valence-electron chi connectivity index (χ3n) is 3.17. The van der Waals surface area contributed by atoms with Crippen molar-refractivity contribution in [1.29, 1.82) is 0 Å². The van der Waals surface area contributed by atoms with Crippen molar-refractivity contribution in [2.75, 3.05) is 14.2 Å². The molecule has 0 aliphatic heterocycles. The molecular weight excluding hydrogens is 256 g/mol. The van der Waals surface area contributed by atoms with Crippen LogP contribution in [-0.2, 0) is 14.3 Å². The van der Waals surface area contributed by atoms with Crippen molar-refractivity contribution in [3.05, 3.63) is 35.9 Å². The molecule has 0 heterocycles. The lowest BCUT2D eigenvalue weighted by Gasteiger charge is -2.22. The van der Waals surface area contributed by atoms with Gasteiger partial charge in [-0.1, -0.05) is 30.3 Å². The Morgan fingerprint density at radius 3 is 2.40 bits per heavy atom. The largest absolute Gasteiger partial charge is 0.354 e. The van der Waals surface area contributed by atoms with E-state index in [0.29, 0.717) is 12.8 Å². The van der Waals surface area contributed by atoms with Gasteiger partial charge in [0.1, 0.15) is 0 Å². The fourth-order valence-corrected chi connectivity index (χ4v) is 2.05. The average molecular weight is 280 g/mol. The lowest BCUT2D eigenvalue weighted by atomic mass is 10.0. The highest BCUT2D eigenvalue weighted by Crippen LogP contribution is 2.15. The molecule has 5 nitrogen and oxygen atoms in total.